The predicted octanol–water partition coefficient (Wildman–Crippen LogP) is 0.745. The molecule has 0 amide bonds. The van der Waals surface area contributed by atoms with Crippen molar-refractivity contribution < 1.29 is 19.4 Å². The molecule has 1 aromatic carbocycles. The summed E-state index contributed by atoms with van der Waals surface area (Å²) in [4.78, 5) is 10.9. The molecule has 15 heavy (non-hydrogen) atoms. The third kappa shape index (κ3) is 1.87. The molecule has 0 radical (unpaired) electrons. The number of hydrogen-bond acceptors (Lipinski definition) is 4. The van der Waals surface area contributed by atoms with E-state index in [0.29, 0.717) is 18.9 Å². The second kappa shape index (κ2) is 3.78. The third-order valence-electron chi connectivity index (χ3n) is 2.17. The molecule has 1 heterocycles. The number of hydrogen-bond donors (Lipinski definition) is 2. The van der Waals surface area contributed by atoms with E-state index in [1.165, 1.54) is 6.07 Å². The smallest absolute Gasteiger partial charge is 0.339 e. The number of carbonyl (C=O) groups is 1. The number of ether oxygens (including phenoxy) is 2. The number of nitrogens with two attached hydrogens (primary N) is 1. The van der Waals surface area contributed by atoms with Crippen molar-refractivity contribution in [1.29, 1.82) is 0 Å². The van der Waals surface area contributed by atoms with Gasteiger partial charge in [0.1, 0.15) is 11.7 Å². The molecule has 2 rings (SSSR count). The molecule has 80 valence electrons. The Bertz CT molecular complexity index is 387. The topological polar surface area (TPSA) is 81.8 Å². The van der Waals surface area contributed by atoms with Gasteiger partial charge in [-0.15, -0.1) is 0 Å². The highest BCUT2D eigenvalue weighted by Crippen LogP contribution is 2.28. The lowest BCUT2D eigenvalue weighted by Crippen LogP contribution is -2.39. The van der Waals surface area contributed by atoms with Crippen molar-refractivity contribution in [3.63, 3.8) is 0 Å². The fraction of sp³-hybridized carbons (Fsp3) is 0.300. The minimum atomic E-state index is -1.04. The van der Waals surface area contributed by atoms with E-state index < -0.39 is 5.97 Å². The van der Waals surface area contributed by atoms with Crippen LogP contribution in [0.1, 0.15) is 10.4 Å². The quantitative estimate of drug-likeness (QED) is 0.717. The summed E-state index contributed by atoms with van der Waals surface area (Å²) in [5, 5.41) is 8.93. The van der Waals surface area contributed by atoms with Crippen LogP contribution in [0.2, 0.25) is 0 Å². The van der Waals surface area contributed by atoms with Gasteiger partial charge < -0.3 is 20.3 Å². The zero-order valence-corrected chi connectivity index (χ0v) is 7.97. The summed E-state index contributed by atoms with van der Waals surface area (Å²) in [5.41, 5.74) is 6.08. The summed E-state index contributed by atoms with van der Waals surface area (Å²) in [6.07, 6.45) is -0.0900. The number of carboxylic acids is 1. The van der Waals surface area contributed by atoms with E-state index in [1.54, 1.807) is 12.1 Å². The van der Waals surface area contributed by atoms with Gasteiger partial charge in [-0.05, 0) is 12.1 Å². The number of rotatable bonds is 3. The Labute approximate surface area is 86.4 Å². The lowest BCUT2D eigenvalue weighted by Gasteiger charge is -2.27. The summed E-state index contributed by atoms with van der Waals surface area (Å²) in [5.74, 6) is -0.809. The van der Waals surface area contributed by atoms with Crippen LogP contribution in [0.5, 0.6) is 5.75 Å². The fourth-order valence-electron chi connectivity index (χ4n) is 1.30. The van der Waals surface area contributed by atoms with Crippen LogP contribution in [0.25, 0.3) is 0 Å². The van der Waals surface area contributed by atoms with Crippen molar-refractivity contribution in [2.45, 2.75) is 6.10 Å². The van der Waals surface area contributed by atoms with Crippen LogP contribution in [0.15, 0.2) is 18.2 Å². The monoisotopic (exact) mass is 209 g/mol. The maximum Gasteiger partial charge on any atom is 0.339 e. The van der Waals surface area contributed by atoms with Gasteiger partial charge in [-0.25, -0.2) is 4.79 Å². The minimum Gasteiger partial charge on any atom is -0.483 e. The molecule has 1 aliphatic heterocycles. The Kier molecular flexibility index (Phi) is 2.47. The van der Waals surface area contributed by atoms with E-state index in [0.717, 1.165) is 0 Å². The molecular weight excluding hydrogens is 198 g/mol. The minimum absolute atomic E-state index is 0.0851. The van der Waals surface area contributed by atoms with E-state index in [2.05, 4.69) is 0 Å². The Morgan fingerprint density at radius 2 is 2.27 bits per heavy atom. The molecule has 0 saturated carbocycles. The largest absolute Gasteiger partial charge is 0.483 e. The Morgan fingerprint density at radius 1 is 1.53 bits per heavy atom. The first-order valence-corrected chi connectivity index (χ1v) is 4.54. The molecule has 3 N–H and O–H groups in total. The first-order valence-electron chi connectivity index (χ1n) is 4.54. The van der Waals surface area contributed by atoms with Crippen LogP contribution in [0.3, 0.4) is 0 Å². The number of benzene rings is 1. The van der Waals surface area contributed by atoms with Gasteiger partial charge in [-0.2, -0.15) is 0 Å². The highest BCUT2D eigenvalue weighted by atomic mass is 16.6. The number of nitrogen functional groups attached to an aromatic ring is 1. The Balaban J connectivity index is 2.29. The number of aromatic carboxylic acids is 1. The number of anilines is 1. The summed E-state index contributed by atoms with van der Waals surface area (Å²) < 4.78 is 10.4. The maximum atomic E-state index is 10.9. The maximum absolute atomic E-state index is 10.9. The Hall–Kier alpha value is -1.75. The van der Waals surface area contributed by atoms with Crippen molar-refractivity contribution >= 4 is 11.7 Å². The van der Waals surface area contributed by atoms with Crippen LogP contribution in [-0.4, -0.2) is 30.4 Å². The molecule has 1 aliphatic rings. The second-order valence-electron chi connectivity index (χ2n) is 3.31. The average Bonchev–Trinajstić information content (AvgIpc) is 2.12. The van der Waals surface area contributed by atoms with Crippen LogP contribution >= 0.6 is 0 Å². The molecule has 1 fully saturated rings. The first kappa shape index (κ1) is 9.79. The molecule has 1 aromatic rings. The van der Waals surface area contributed by atoms with E-state index in [1.807, 2.05) is 0 Å². The molecule has 5 nitrogen and oxygen atoms in total. The molecule has 0 unspecified atom stereocenters. The molecule has 0 bridgehead atoms. The van der Waals surface area contributed by atoms with Crippen molar-refractivity contribution in [2.75, 3.05) is 18.9 Å². The lowest BCUT2D eigenvalue weighted by atomic mass is 10.1. The number of para-hydroxylation sites is 1. The van der Waals surface area contributed by atoms with E-state index in [-0.39, 0.29) is 17.4 Å². The molecular formula is C10H11NO4. The highest BCUT2D eigenvalue weighted by Gasteiger charge is 2.24. The van der Waals surface area contributed by atoms with Gasteiger partial charge in [0.05, 0.1) is 18.9 Å². The van der Waals surface area contributed by atoms with Gasteiger partial charge in [0.15, 0.2) is 5.75 Å². The second-order valence-corrected chi connectivity index (χ2v) is 3.31. The van der Waals surface area contributed by atoms with E-state index in [4.69, 9.17) is 20.3 Å². The van der Waals surface area contributed by atoms with Crippen molar-refractivity contribution in [3.05, 3.63) is 23.8 Å². The normalized spacial score (nSPS) is 15.7. The zero-order chi connectivity index (χ0) is 10.8. The average molecular weight is 209 g/mol. The first-order chi connectivity index (χ1) is 7.18. The SMILES string of the molecule is Nc1cccc(C(=O)O)c1OC1COC1. The van der Waals surface area contributed by atoms with Gasteiger partial charge in [-0.1, -0.05) is 6.07 Å². The standard InChI is InChI=1S/C10H11NO4/c11-8-3-1-2-7(10(12)13)9(8)15-6-4-14-5-6/h1-3,6H,4-5,11H2,(H,12,13). The van der Waals surface area contributed by atoms with E-state index in [9.17, 15) is 4.79 Å². The van der Waals surface area contributed by atoms with Crippen LogP contribution in [0.4, 0.5) is 5.69 Å². The molecule has 5 heteroatoms. The summed E-state index contributed by atoms with van der Waals surface area (Å²) in [7, 11) is 0. The van der Waals surface area contributed by atoms with Gasteiger partial charge in [0, 0.05) is 0 Å². The lowest BCUT2D eigenvalue weighted by molar-refractivity contribution is -0.0796. The van der Waals surface area contributed by atoms with Crippen molar-refractivity contribution in [1.82, 2.24) is 0 Å². The third-order valence-corrected chi connectivity index (χ3v) is 2.17. The van der Waals surface area contributed by atoms with Gasteiger partial charge in [-0.3, -0.25) is 0 Å². The van der Waals surface area contributed by atoms with Crippen LogP contribution in [-0.2, 0) is 4.74 Å². The fourth-order valence-corrected chi connectivity index (χ4v) is 1.30. The van der Waals surface area contributed by atoms with Crippen LogP contribution < -0.4 is 10.5 Å². The molecule has 0 atom stereocenters. The van der Waals surface area contributed by atoms with E-state index >= 15 is 0 Å². The predicted molar refractivity (Wildman–Crippen MR) is 53.0 cm³/mol. The van der Waals surface area contributed by atoms with Gasteiger partial charge in [0.25, 0.3) is 0 Å². The molecule has 1 saturated heterocycles. The summed E-state index contributed by atoms with van der Waals surface area (Å²) >= 11 is 0. The van der Waals surface area contributed by atoms with Gasteiger partial charge >= 0.3 is 5.97 Å². The molecule has 0 spiro atoms. The van der Waals surface area contributed by atoms with Crippen molar-refractivity contribution in [2.24, 2.45) is 0 Å². The summed E-state index contributed by atoms with van der Waals surface area (Å²) in [6.45, 7) is 0.959. The highest BCUT2D eigenvalue weighted by molar-refractivity contribution is 5.93. The van der Waals surface area contributed by atoms with Crippen molar-refractivity contribution in [3.8, 4) is 5.75 Å². The number of carboxylic acid groups (broad SMARTS) is 1. The Morgan fingerprint density at radius 3 is 2.80 bits per heavy atom. The molecule has 0 aromatic heterocycles. The van der Waals surface area contributed by atoms with Gasteiger partial charge in [0.2, 0.25) is 0 Å². The van der Waals surface area contributed by atoms with Crippen LogP contribution in [0, 0.1) is 0 Å². The molecule has 0 aliphatic carbocycles. The summed E-state index contributed by atoms with van der Waals surface area (Å²) in [6, 6.07) is 4.66. The zero-order valence-electron chi connectivity index (χ0n) is 7.97.